The molecule has 0 spiro atoms. The van der Waals surface area contributed by atoms with Gasteiger partial charge in [0.15, 0.2) is 11.5 Å². The number of primary amides is 1. The minimum absolute atomic E-state index is 0.0328. The van der Waals surface area contributed by atoms with E-state index in [0.29, 0.717) is 24.7 Å². The van der Waals surface area contributed by atoms with Gasteiger partial charge in [-0.25, -0.2) is 0 Å². The molecule has 6 heteroatoms. The van der Waals surface area contributed by atoms with Crippen LogP contribution < -0.4 is 15.2 Å². The molecule has 1 saturated carbocycles. The van der Waals surface area contributed by atoms with Crippen LogP contribution in [0.1, 0.15) is 31.2 Å². The van der Waals surface area contributed by atoms with Gasteiger partial charge in [0.05, 0.1) is 6.54 Å². The van der Waals surface area contributed by atoms with Crippen molar-refractivity contribution in [2.75, 3.05) is 19.8 Å². The zero-order valence-electron chi connectivity index (χ0n) is 13.6. The van der Waals surface area contributed by atoms with E-state index in [1.165, 1.54) is 6.08 Å². The van der Waals surface area contributed by atoms with Gasteiger partial charge in [0.25, 0.3) is 0 Å². The van der Waals surface area contributed by atoms with Crippen molar-refractivity contribution in [3.05, 3.63) is 29.8 Å². The van der Waals surface area contributed by atoms with Gasteiger partial charge in [-0.3, -0.25) is 9.59 Å². The first-order chi connectivity index (χ1) is 11.6. The van der Waals surface area contributed by atoms with Crippen LogP contribution in [0.15, 0.2) is 24.3 Å². The van der Waals surface area contributed by atoms with E-state index in [2.05, 4.69) is 0 Å². The molecule has 1 aliphatic heterocycles. The number of ether oxygens (including phenoxy) is 2. The Hall–Kier alpha value is -2.50. The van der Waals surface area contributed by atoms with Crippen molar-refractivity contribution in [1.82, 2.24) is 4.90 Å². The van der Waals surface area contributed by atoms with Crippen molar-refractivity contribution in [2.24, 2.45) is 5.73 Å². The molecule has 0 atom stereocenters. The fraction of sp³-hybridized carbons (Fsp3) is 0.444. The van der Waals surface area contributed by atoms with Crippen molar-refractivity contribution < 1.29 is 19.1 Å². The molecule has 2 aliphatic rings. The lowest BCUT2D eigenvalue weighted by molar-refractivity contribution is -0.133. The molecular weight excluding hydrogens is 308 g/mol. The summed E-state index contributed by atoms with van der Waals surface area (Å²) in [6.45, 7) is 1.03. The Morgan fingerprint density at radius 2 is 1.88 bits per heavy atom. The Kier molecular flexibility index (Phi) is 5.03. The van der Waals surface area contributed by atoms with Crippen LogP contribution in [-0.2, 0) is 9.59 Å². The predicted molar refractivity (Wildman–Crippen MR) is 89.6 cm³/mol. The summed E-state index contributed by atoms with van der Waals surface area (Å²) in [5, 5.41) is 0. The molecule has 3 rings (SSSR count). The van der Waals surface area contributed by atoms with Gasteiger partial charge < -0.3 is 20.1 Å². The lowest BCUT2D eigenvalue weighted by Crippen LogP contribution is -2.43. The standard InChI is InChI=1S/C18H22N2O4/c19-17(21)12-20(14-3-1-2-4-14)18(22)8-6-13-5-7-15-16(11-13)24-10-9-23-15/h5-8,11,14H,1-4,9-10,12H2,(H2,19,21). The quantitative estimate of drug-likeness (QED) is 0.834. The number of amides is 2. The number of rotatable bonds is 5. The summed E-state index contributed by atoms with van der Waals surface area (Å²) in [6, 6.07) is 5.64. The third kappa shape index (κ3) is 3.88. The van der Waals surface area contributed by atoms with Gasteiger partial charge in [-0.1, -0.05) is 18.9 Å². The lowest BCUT2D eigenvalue weighted by Gasteiger charge is -2.26. The van der Waals surface area contributed by atoms with E-state index in [9.17, 15) is 9.59 Å². The second kappa shape index (κ2) is 7.38. The minimum Gasteiger partial charge on any atom is -0.486 e. The molecule has 0 saturated heterocycles. The SMILES string of the molecule is NC(=O)CN(C(=O)C=Cc1ccc2c(c1)OCCO2)C1CCCC1. The third-order valence-electron chi connectivity index (χ3n) is 4.36. The van der Waals surface area contributed by atoms with Gasteiger partial charge >= 0.3 is 0 Å². The molecular formula is C18H22N2O4. The Morgan fingerprint density at radius 1 is 1.17 bits per heavy atom. The molecule has 0 unspecified atom stereocenters. The van der Waals surface area contributed by atoms with E-state index in [0.717, 1.165) is 31.2 Å². The van der Waals surface area contributed by atoms with Crippen molar-refractivity contribution in [2.45, 2.75) is 31.7 Å². The highest BCUT2D eigenvalue weighted by Crippen LogP contribution is 2.31. The highest BCUT2D eigenvalue weighted by atomic mass is 16.6. The monoisotopic (exact) mass is 330 g/mol. The van der Waals surface area contributed by atoms with E-state index < -0.39 is 5.91 Å². The Balaban J connectivity index is 1.71. The fourth-order valence-corrected chi connectivity index (χ4v) is 3.20. The number of fused-ring (bicyclic) bond motifs is 1. The molecule has 1 aliphatic carbocycles. The maximum Gasteiger partial charge on any atom is 0.247 e. The zero-order chi connectivity index (χ0) is 16.9. The summed E-state index contributed by atoms with van der Waals surface area (Å²) < 4.78 is 11.0. The second-order valence-electron chi connectivity index (χ2n) is 6.11. The second-order valence-corrected chi connectivity index (χ2v) is 6.11. The molecule has 2 N–H and O–H groups in total. The number of benzene rings is 1. The zero-order valence-corrected chi connectivity index (χ0v) is 13.6. The van der Waals surface area contributed by atoms with Gasteiger partial charge in [-0.05, 0) is 36.6 Å². The van der Waals surface area contributed by atoms with Crippen LogP contribution in [0.4, 0.5) is 0 Å². The highest BCUT2D eigenvalue weighted by Gasteiger charge is 2.26. The molecule has 1 aromatic carbocycles. The third-order valence-corrected chi connectivity index (χ3v) is 4.36. The van der Waals surface area contributed by atoms with E-state index in [1.54, 1.807) is 11.0 Å². The molecule has 1 fully saturated rings. The predicted octanol–water partition coefficient (Wildman–Crippen LogP) is 1.73. The van der Waals surface area contributed by atoms with Gasteiger partial charge in [0, 0.05) is 12.1 Å². The van der Waals surface area contributed by atoms with Crippen LogP contribution in [0.2, 0.25) is 0 Å². The molecule has 1 aromatic rings. The average molecular weight is 330 g/mol. The average Bonchev–Trinajstić information content (AvgIpc) is 3.11. The van der Waals surface area contributed by atoms with E-state index in [-0.39, 0.29) is 18.5 Å². The Labute approximate surface area is 141 Å². The van der Waals surface area contributed by atoms with Crippen LogP contribution >= 0.6 is 0 Å². The first kappa shape index (κ1) is 16.4. The smallest absolute Gasteiger partial charge is 0.247 e. The first-order valence-electron chi connectivity index (χ1n) is 8.30. The molecule has 24 heavy (non-hydrogen) atoms. The number of nitrogens with zero attached hydrogens (tertiary/aromatic N) is 1. The first-order valence-corrected chi connectivity index (χ1v) is 8.30. The molecule has 2 amide bonds. The molecule has 0 bridgehead atoms. The summed E-state index contributed by atoms with van der Waals surface area (Å²) in [7, 11) is 0. The lowest BCUT2D eigenvalue weighted by atomic mass is 10.1. The Morgan fingerprint density at radius 3 is 2.58 bits per heavy atom. The topological polar surface area (TPSA) is 81.9 Å². The molecule has 6 nitrogen and oxygen atoms in total. The van der Waals surface area contributed by atoms with Gasteiger partial charge in [-0.15, -0.1) is 0 Å². The number of hydrogen-bond acceptors (Lipinski definition) is 4. The Bertz CT molecular complexity index is 650. The molecule has 128 valence electrons. The summed E-state index contributed by atoms with van der Waals surface area (Å²) in [6.07, 6.45) is 7.24. The van der Waals surface area contributed by atoms with E-state index in [4.69, 9.17) is 15.2 Å². The molecule has 0 radical (unpaired) electrons. The minimum atomic E-state index is -0.483. The molecule has 1 heterocycles. The maximum absolute atomic E-state index is 12.5. The van der Waals surface area contributed by atoms with Crippen molar-refractivity contribution >= 4 is 17.9 Å². The van der Waals surface area contributed by atoms with Crippen LogP contribution in [-0.4, -0.2) is 42.5 Å². The van der Waals surface area contributed by atoms with E-state index >= 15 is 0 Å². The number of carbonyl (C=O) groups excluding carboxylic acids is 2. The molecule has 0 aromatic heterocycles. The van der Waals surface area contributed by atoms with Crippen LogP contribution in [0.25, 0.3) is 6.08 Å². The largest absolute Gasteiger partial charge is 0.486 e. The van der Waals surface area contributed by atoms with Crippen LogP contribution in [0.3, 0.4) is 0 Å². The van der Waals surface area contributed by atoms with Gasteiger partial charge in [-0.2, -0.15) is 0 Å². The highest BCUT2D eigenvalue weighted by molar-refractivity contribution is 5.94. The number of nitrogens with two attached hydrogens (primary N) is 1. The van der Waals surface area contributed by atoms with Gasteiger partial charge in [0.2, 0.25) is 11.8 Å². The fourth-order valence-electron chi connectivity index (χ4n) is 3.20. The van der Waals surface area contributed by atoms with Crippen molar-refractivity contribution in [3.63, 3.8) is 0 Å². The number of hydrogen-bond donors (Lipinski definition) is 1. The van der Waals surface area contributed by atoms with Crippen LogP contribution in [0, 0.1) is 0 Å². The summed E-state index contributed by atoms with van der Waals surface area (Å²) in [4.78, 5) is 25.4. The van der Waals surface area contributed by atoms with Crippen molar-refractivity contribution in [1.29, 1.82) is 0 Å². The summed E-state index contributed by atoms with van der Waals surface area (Å²) in [5.74, 6) is 0.727. The normalized spacial score (nSPS) is 17.2. The number of carbonyl (C=O) groups is 2. The summed E-state index contributed by atoms with van der Waals surface area (Å²) >= 11 is 0. The van der Waals surface area contributed by atoms with Crippen LogP contribution in [0.5, 0.6) is 11.5 Å². The summed E-state index contributed by atoms with van der Waals surface area (Å²) in [5.41, 5.74) is 6.14. The maximum atomic E-state index is 12.5. The van der Waals surface area contributed by atoms with E-state index in [1.807, 2.05) is 18.2 Å². The van der Waals surface area contributed by atoms with Crippen molar-refractivity contribution in [3.8, 4) is 11.5 Å². The van der Waals surface area contributed by atoms with Gasteiger partial charge in [0.1, 0.15) is 13.2 Å².